The van der Waals surface area contributed by atoms with Crippen LogP contribution in [0.2, 0.25) is 0 Å². The molecule has 1 aromatic heterocycles. The van der Waals surface area contributed by atoms with Crippen LogP contribution in [-0.2, 0) is 5.60 Å². The summed E-state index contributed by atoms with van der Waals surface area (Å²) in [4.78, 5) is 10.0. The second-order valence-electron chi connectivity index (χ2n) is 5.36. The van der Waals surface area contributed by atoms with E-state index < -0.39 is 28.6 Å². The molecule has 24 heavy (non-hydrogen) atoms. The van der Waals surface area contributed by atoms with Gasteiger partial charge in [0.2, 0.25) is 5.75 Å². The first-order valence-electron chi connectivity index (χ1n) is 6.95. The molecular weight excluding hydrogens is 326 g/mol. The lowest BCUT2D eigenvalue weighted by Crippen LogP contribution is -2.30. The van der Waals surface area contributed by atoms with Gasteiger partial charge in [-0.3, -0.25) is 10.1 Å². The molecule has 1 aromatic carbocycles. The van der Waals surface area contributed by atoms with Crippen LogP contribution in [0.3, 0.4) is 0 Å². The second-order valence-corrected chi connectivity index (χ2v) is 5.36. The fourth-order valence-corrected chi connectivity index (χ4v) is 2.05. The third-order valence-corrected chi connectivity index (χ3v) is 3.28. The Morgan fingerprint density at radius 2 is 2.12 bits per heavy atom. The number of aryl methyl sites for hydroxylation is 1. The molecular formula is C15H16F2N2O5. The van der Waals surface area contributed by atoms with Crippen LogP contribution < -0.4 is 10.1 Å². The highest BCUT2D eigenvalue weighted by atomic mass is 19.3. The fourth-order valence-electron chi connectivity index (χ4n) is 2.05. The number of alkyl halides is 2. The van der Waals surface area contributed by atoms with Gasteiger partial charge in [-0.15, -0.1) is 0 Å². The summed E-state index contributed by atoms with van der Waals surface area (Å²) < 4.78 is 34.3. The summed E-state index contributed by atoms with van der Waals surface area (Å²) in [7, 11) is 0. The van der Waals surface area contributed by atoms with E-state index in [0.29, 0.717) is 11.5 Å². The van der Waals surface area contributed by atoms with E-state index in [9.17, 15) is 24.0 Å². The fraction of sp³-hybridized carbons (Fsp3) is 0.333. The molecule has 0 amide bonds. The summed E-state index contributed by atoms with van der Waals surface area (Å²) in [5.74, 6) is 0.403. The van der Waals surface area contributed by atoms with Crippen LogP contribution in [0.5, 0.6) is 5.75 Å². The number of nitrogens with zero attached hydrogens (tertiary/aromatic N) is 1. The number of furan rings is 1. The van der Waals surface area contributed by atoms with E-state index in [1.54, 1.807) is 19.1 Å². The Labute approximate surface area is 136 Å². The summed E-state index contributed by atoms with van der Waals surface area (Å²) in [5, 5.41) is 24.0. The zero-order valence-electron chi connectivity index (χ0n) is 13.0. The average molecular weight is 342 g/mol. The summed E-state index contributed by atoms with van der Waals surface area (Å²) >= 11 is 0. The van der Waals surface area contributed by atoms with Crippen molar-refractivity contribution in [3.8, 4) is 5.75 Å². The molecule has 0 aliphatic carbocycles. The van der Waals surface area contributed by atoms with E-state index in [-0.39, 0.29) is 12.2 Å². The minimum Gasteiger partial charge on any atom is -0.463 e. The molecule has 130 valence electrons. The number of nitrogens with one attached hydrogen (secondary N) is 1. The highest BCUT2D eigenvalue weighted by Gasteiger charge is 2.27. The standard InChI is InChI=1S/C15H16F2N2O5/c1-9-3-6-13(23-9)15(2,20)8-18-10-4-5-11(19(21)22)12(7-10)24-14(16)17/h3-7,14,18,20H,8H2,1-2H3. The maximum absolute atomic E-state index is 12.4. The van der Waals surface area contributed by atoms with Gasteiger partial charge in [0.1, 0.15) is 17.1 Å². The molecule has 1 unspecified atom stereocenters. The van der Waals surface area contributed by atoms with Crippen molar-refractivity contribution in [3.63, 3.8) is 0 Å². The first kappa shape index (κ1) is 17.7. The number of hydrogen-bond donors (Lipinski definition) is 2. The number of ether oxygens (including phenoxy) is 1. The number of nitro benzene ring substituents is 1. The highest BCUT2D eigenvalue weighted by molar-refractivity contribution is 5.58. The number of nitro groups is 1. The Kier molecular flexibility index (Phi) is 5.03. The predicted molar refractivity (Wildman–Crippen MR) is 81.2 cm³/mol. The Morgan fingerprint density at radius 1 is 1.42 bits per heavy atom. The molecule has 0 aliphatic rings. The normalized spacial score (nSPS) is 13.6. The van der Waals surface area contributed by atoms with E-state index in [4.69, 9.17) is 4.42 Å². The third kappa shape index (κ3) is 4.19. The van der Waals surface area contributed by atoms with E-state index in [1.165, 1.54) is 13.0 Å². The van der Waals surface area contributed by atoms with E-state index >= 15 is 0 Å². The zero-order chi connectivity index (χ0) is 17.9. The van der Waals surface area contributed by atoms with Crippen molar-refractivity contribution in [2.45, 2.75) is 26.1 Å². The number of rotatable bonds is 7. The molecule has 0 saturated carbocycles. The Hall–Kier alpha value is -2.68. The Balaban J connectivity index is 2.16. The number of hydrogen-bond acceptors (Lipinski definition) is 6. The molecule has 0 aliphatic heterocycles. The van der Waals surface area contributed by atoms with Crippen molar-refractivity contribution in [1.82, 2.24) is 0 Å². The highest BCUT2D eigenvalue weighted by Crippen LogP contribution is 2.32. The van der Waals surface area contributed by atoms with E-state index in [0.717, 1.165) is 12.1 Å². The van der Waals surface area contributed by atoms with Crippen molar-refractivity contribution in [2.24, 2.45) is 0 Å². The van der Waals surface area contributed by atoms with Crippen LogP contribution in [0.15, 0.2) is 34.7 Å². The van der Waals surface area contributed by atoms with Crippen LogP contribution in [0.25, 0.3) is 0 Å². The van der Waals surface area contributed by atoms with Gasteiger partial charge in [0.15, 0.2) is 0 Å². The summed E-state index contributed by atoms with van der Waals surface area (Å²) in [5.41, 5.74) is -1.66. The molecule has 0 radical (unpaired) electrons. The number of anilines is 1. The molecule has 2 rings (SSSR count). The van der Waals surface area contributed by atoms with Crippen molar-refractivity contribution in [3.05, 3.63) is 52.0 Å². The number of benzene rings is 1. The molecule has 7 nitrogen and oxygen atoms in total. The third-order valence-electron chi connectivity index (χ3n) is 3.28. The lowest BCUT2D eigenvalue weighted by molar-refractivity contribution is -0.386. The smallest absolute Gasteiger partial charge is 0.387 e. The summed E-state index contributed by atoms with van der Waals surface area (Å²) in [6.45, 7) is 0.0526. The molecule has 9 heteroatoms. The monoisotopic (exact) mass is 342 g/mol. The Morgan fingerprint density at radius 3 is 2.67 bits per heavy atom. The first-order valence-corrected chi connectivity index (χ1v) is 6.95. The molecule has 0 fully saturated rings. The molecule has 0 saturated heterocycles. The SMILES string of the molecule is Cc1ccc(C(C)(O)CNc2ccc([N+](=O)[O-])c(OC(F)F)c2)o1. The number of aliphatic hydroxyl groups is 1. The van der Waals surface area contributed by atoms with Crippen molar-refractivity contribution in [2.75, 3.05) is 11.9 Å². The van der Waals surface area contributed by atoms with Gasteiger partial charge in [-0.25, -0.2) is 0 Å². The van der Waals surface area contributed by atoms with E-state index in [2.05, 4.69) is 10.1 Å². The summed E-state index contributed by atoms with van der Waals surface area (Å²) in [6, 6.07) is 6.78. The van der Waals surface area contributed by atoms with E-state index in [1.807, 2.05) is 0 Å². The zero-order valence-corrected chi connectivity index (χ0v) is 13.0. The van der Waals surface area contributed by atoms with Gasteiger partial charge in [-0.05, 0) is 32.0 Å². The van der Waals surface area contributed by atoms with Gasteiger partial charge in [-0.1, -0.05) is 0 Å². The molecule has 1 heterocycles. The molecule has 2 aromatic rings. The minimum atomic E-state index is -3.19. The molecule has 0 bridgehead atoms. The topological polar surface area (TPSA) is 97.8 Å². The van der Waals surface area contributed by atoms with Crippen LogP contribution in [-0.4, -0.2) is 23.2 Å². The second kappa shape index (κ2) is 6.83. The minimum absolute atomic E-state index is 0.00805. The maximum atomic E-state index is 12.4. The van der Waals surface area contributed by atoms with Crippen LogP contribution in [0.4, 0.5) is 20.2 Å². The molecule has 0 spiro atoms. The van der Waals surface area contributed by atoms with Crippen molar-refractivity contribution >= 4 is 11.4 Å². The predicted octanol–water partition coefficient (Wildman–Crippen LogP) is 3.42. The molecule has 1 atom stereocenters. The lowest BCUT2D eigenvalue weighted by atomic mass is 10.0. The van der Waals surface area contributed by atoms with Crippen molar-refractivity contribution < 1.29 is 28.0 Å². The molecule has 2 N–H and O–H groups in total. The van der Waals surface area contributed by atoms with Gasteiger partial charge >= 0.3 is 12.3 Å². The van der Waals surface area contributed by atoms with Gasteiger partial charge in [0, 0.05) is 17.8 Å². The van der Waals surface area contributed by atoms with Crippen LogP contribution in [0, 0.1) is 17.0 Å². The van der Waals surface area contributed by atoms with Gasteiger partial charge in [-0.2, -0.15) is 8.78 Å². The van der Waals surface area contributed by atoms with Crippen molar-refractivity contribution in [1.29, 1.82) is 0 Å². The maximum Gasteiger partial charge on any atom is 0.387 e. The largest absolute Gasteiger partial charge is 0.463 e. The average Bonchev–Trinajstić information content (AvgIpc) is 2.92. The van der Waals surface area contributed by atoms with Gasteiger partial charge < -0.3 is 19.6 Å². The van der Waals surface area contributed by atoms with Crippen LogP contribution in [0.1, 0.15) is 18.4 Å². The lowest BCUT2D eigenvalue weighted by Gasteiger charge is -2.22. The number of halogens is 2. The van der Waals surface area contributed by atoms with Crippen LogP contribution >= 0.6 is 0 Å². The quantitative estimate of drug-likeness (QED) is 0.591. The van der Waals surface area contributed by atoms with Gasteiger partial charge in [0.25, 0.3) is 0 Å². The van der Waals surface area contributed by atoms with Gasteiger partial charge in [0.05, 0.1) is 11.5 Å². The Bertz CT molecular complexity index is 730. The first-order chi connectivity index (χ1) is 11.2. The summed E-state index contributed by atoms with van der Waals surface area (Å²) in [6.07, 6.45) is 0.